The second-order valence-corrected chi connectivity index (χ2v) is 4.53. The molecule has 1 heterocycles. The molecule has 0 atom stereocenters. The first-order valence-electron chi connectivity index (χ1n) is 6.48. The van der Waals surface area contributed by atoms with Gasteiger partial charge in [0, 0.05) is 11.3 Å². The van der Waals surface area contributed by atoms with Crippen molar-refractivity contribution in [2.24, 2.45) is 0 Å². The molecule has 1 aromatic heterocycles. The maximum absolute atomic E-state index is 9.23. The largest absolute Gasteiger partial charge is 0.508 e. The Kier molecular flexibility index (Phi) is 3.42. The minimum Gasteiger partial charge on any atom is -0.508 e. The summed E-state index contributed by atoms with van der Waals surface area (Å²) in [5, 5.41) is 12.5. The Balaban J connectivity index is 1.67. The first-order chi connectivity index (χ1) is 9.81. The lowest BCUT2D eigenvalue weighted by molar-refractivity contribution is 0.475. The van der Waals surface area contributed by atoms with Gasteiger partial charge in [0.1, 0.15) is 17.3 Å². The SMILES string of the molecule is Oc1ccc(NCc2ccc(-c3ccccc3)o2)cc1. The van der Waals surface area contributed by atoms with Crippen molar-refractivity contribution in [3.8, 4) is 17.1 Å². The second-order valence-electron chi connectivity index (χ2n) is 4.53. The molecule has 2 N–H and O–H groups in total. The number of benzene rings is 2. The Hall–Kier alpha value is -2.68. The highest BCUT2D eigenvalue weighted by Gasteiger charge is 2.04. The predicted octanol–water partition coefficient (Wildman–Crippen LogP) is 4.26. The van der Waals surface area contributed by atoms with Gasteiger partial charge in [-0.1, -0.05) is 30.3 Å². The fourth-order valence-electron chi connectivity index (χ4n) is 2.00. The molecule has 20 heavy (non-hydrogen) atoms. The average Bonchev–Trinajstić information content (AvgIpc) is 2.97. The van der Waals surface area contributed by atoms with Crippen LogP contribution in [0.3, 0.4) is 0 Å². The Labute approximate surface area is 117 Å². The molecule has 0 aliphatic heterocycles. The van der Waals surface area contributed by atoms with Gasteiger partial charge in [0.15, 0.2) is 0 Å². The molecule has 3 nitrogen and oxygen atoms in total. The molecule has 3 heteroatoms. The maximum atomic E-state index is 9.23. The van der Waals surface area contributed by atoms with E-state index in [0.29, 0.717) is 6.54 Å². The van der Waals surface area contributed by atoms with Gasteiger partial charge in [-0.2, -0.15) is 0 Å². The van der Waals surface area contributed by atoms with Gasteiger partial charge in [-0.3, -0.25) is 0 Å². The second kappa shape index (κ2) is 5.53. The van der Waals surface area contributed by atoms with Crippen molar-refractivity contribution < 1.29 is 9.52 Å². The third-order valence-electron chi connectivity index (χ3n) is 3.05. The van der Waals surface area contributed by atoms with Crippen molar-refractivity contribution >= 4 is 5.69 Å². The van der Waals surface area contributed by atoms with Crippen LogP contribution in [0.25, 0.3) is 11.3 Å². The third-order valence-corrected chi connectivity index (χ3v) is 3.05. The number of phenols is 1. The van der Waals surface area contributed by atoms with Gasteiger partial charge in [-0.25, -0.2) is 0 Å². The van der Waals surface area contributed by atoms with Crippen LogP contribution in [-0.4, -0.2) is 5.11 Å². The molecule has 2 aromatic carbocycles. The molecule has 0 saturated carbocycles. The number of phenolic OH excluding ortho intramolecular Hbond substituents is 1. The summed E-state index contributed by atoms with van der Waals surface area (Å²) in [6.45, 7) is 0.609. The lowest BCUT2D eigenvalue weighted by atomic mass is 10.2. The quantitative estimate of drug-likeness (QED) is 0.693. The van der Waals surface area contributed by atoms with E-state index >= 15 is 0 Å². The smallest absolute Gasteiger partial charge is 0.134 e. The van der Waals surface area contributed by atoms with Gasteiger partial charge >= 0.3 is 0 Å². The van der Waals surface area contributed by atoms with Gasteiger partial charge < -0.3 is 14.8 Å². The molecule has 0 fully saturated rings. The fraction of sp³-hybridized carbons (Fsp3) is 0.0588. The highest BCUT2D eigenvalue weighted by Crippen LogP contribution is 2.22. The first kappa shape index (κ1) is 12.4. The van der Waals surface area contributed by atoms with Gasteiger partial charge in [0.25, 0.3) is 0 Å². The minimum absolute atomic E-state index is 0.264. The number of nitrogens with one attached hydrogen (secondary N) is 1. The molecule has 0 bridgehead atoms. The van der Waals surface area contributed by atoms with Crippen molar-refractivity contribution in [2.45, 2.75) is 6.54 Å². The molecule has 0 amide bonds. The standard InChI is InChI=1S/C17H15NO2/c19-15-8-6-14(7-9-15)18-12-16-10-11-17(20-16)13-4-2-1-3-5-13/h1-11,18-19H,12H2. The third kappa shape index (κ3) is 2.83. The van der Waals surface area contributed by atoms with E-state index < -0.39 is 0 Å². The van der Waals surface area contributed by atoms with Crippen molar-refractivity contribution in [1.82, 2.24) is 0 Å². The lowest BCUT2D eigenvalue weighted by Crippen LogP contribution is -1.97. The summed E-state index contributed by atoms with van der Waals surface area (Å²) in [7, 11) is 0. The number of anilines is 1. The molecular formula is C17H15NO2. The number of furan rings is 1. The fourth-order valence-corrected chi connectivity index (χ4v) is 2.00. The summed E-state index contributed by atoms with van der Waals surface area (Å²) in [4.78, 5) is 0. The van der Waals surface area contributed by atoms with Gasteiger partial charge in [0.2, 0.25) is 0 Å². The highest BCUT2D eigenvalue weighted by atomic mass is 16.3. The number of aromatic hydroxyl groups is 1. The van der Waals surface area contributed by atoms with Crippen molar-refractivity contribution in [3.05, 3.63) is 72.5 Å². The van der Waals surface area contributed by atoms with Crippen LogP contribution in [0.15, 0.2) is 71.1 Å². The van der Waals surface area contributed by atoms with E-state index in [1.165, 1.54) is 0 Å². The molecular weight excluding hydrogens is 250 g/mol. The van der Waals surface area contributed by atoms with E-state index in [4.69, 9.17) is 4.42 Å². The molecule has 0 spiro atoms. The summed E-state index contributed by atoms with van der Waals surface area (Å²) < 4.78 is 5.80. The van der Waals surface area contributed by atoms with Gasteiger partial charge in [-0.15, -0.1) is 0 Å². The summed E-state index contributed by atoms with van der Waals surface area (Å²) >= 11 is 0. The molecule has 3 rings (SSSR count). The van der Waals surface area contributed by atoms with Crippen LogP contribution >= 0.6 is 0 Å². The molecule has 0 unspecified atom stereocenters. The normalized spacial score (nSPS) is 10.4. The van der Waals surface area contributed by atoms with Crippen LogP contribution in [0.2, 0.25) is 0 Å². The molecule has 0 saturated heterocycles. The Morgan fingerprint density at radius 3 is 2.35 bits per heavy atom. The van der Waals surface area contributed by atoms with E-state index in [9.17, 15) is 5.11 Å². The van der Waals surface area contributed by atoms with E-state index in [0.717, 1.165) is 22.8 Å². The Bertz CT molecular complexity index is 672. The zero-order valence-electron chi connectivity index (χ0n) is 10.9. The Morgan fingerprint density at radius 1 is 0.850 bits per heavy atom. The summed E-state index contributed by atoms with van der Waals surface area (Å²) in [6, 6.07) is 20.9. The monoisotopic (exact) mass is 265 g/mol. The molecule has 0 aliphatic carbocycles. The van der Waals surface area contributed by atoms with Crippen molar-refractivity contribution in [2.75, 3.05) is 5.32 Å². The summed E-state index contributed by atoms with van der Waals surface area (Å²) in [6.07, 6.45) is 0. The van der Waals surface area contributed by atoms with E-state index in [1.807, 2.05) is 54.6 Å². The van der Waals surface area contributed by atoms with Crippen LogP contribution in [0.5, 0.6) is 5.75 Å². The van der Waals surface area contributed by atoms with Crippen molar-refractivity contribution in [3.63, 3.8) is 0 Å². The summed E-state index contributed by atoms with van der Waals surface area (Å²) in [5.41, 5.74) is 2.02. The lowest BCUT2D eigenvalue weighted by Gasteiger charge is -2.04. The maximum Gasteiger partial charge on any atom is 0.134 e. The molecule has 100 valence electrons. The molecule has 0 radical (unpaired) electrons. The Morgan fingerprint density at radius 2 is 1.60 bits per heavy atom. The van der Waals surface area contributed by atoms with Crippen LogP contribution < -0.4 is 5.32 Å². The number of hydrogen-bond acceptors (Lipinski definition) is 3. The first-order valence-corrected chi connectivity index (χ1v) is 6.48. The predicted molar refractivity (Wildman–Crippen MR) is 79.6 cm³/mol. The van der Waals surface area contributed by atoms with Crippen LogP contribution in [0.4, 0.5) is 5.69 Å². The topological polar surface area (TPSA) is 45.4 Å². The van der Waals surface area contributed by atoms with Crippen LogP contribution in [0, 0.1) is 0 Å². The van der Waals surface area contributed by atoms with E-state index in [-0.39, 0.29) is 5.75 Å². The zero-order valence-corrected chi connectivity index (χ0v) is 10.9. The van der Waals surface area contributed by atoms with Crippen LogP contribution in [0.1, 0.15) is 5.76 Å². The molecule has 0 aliphatic rings. The van der Waals surface area contributed by atoms with Crippen LogP contribution in [-0.2, 0) is 6.54 Å². The minimum atomic E-state index is 0.264. The van der Waals surface area contributed by atoms with Crippen molar-refractivity contribution in [1.29, 1.82) is 0 Å². The van der Waals surface area contributed by atoms with Gasteiger partial charge in [0.05, 0.1) is 6.54 Å². The summed E-state index contributed by atoms with van der Waals surface area (Å²) in [5.74, 6) is 2.00. The van der Waals surface area contributed by atoms with E-state index in [2.05, 4.69) is 5.32 Å². The average molecular weight is 265 g/mol. The number of rotatable bonds is 4. The highest BCUT2D eigenvalue weighted by molar-refractivity contribution is 5.57. The van der Waals surface area contributed by atoms with Gasteiger partial charge in [-0.05, 0) is 36.4 Å². The molecule has 3 aromatic rings. The van der Waals surface area contributed by atoms with E-state index in [1.54, 1.807) is 12.1 Å². The zero-order chi connectivity index (χ0) is 13.8. The number of hydrogen-bond donors (Lipinski definition) is 2.